The molecule has 0 saturated carbocycles. The molecule has 1 fully saturated rings. The van der Waals surface area contributed by atoms with Crippen molar-refractivity contribution >= 4 is 11.1 Å². The van der Waals surface area contributed by atoms with Crippen LogP contribution in [-0.4, -0.2) is 40.9 Å². The Labute approximate surface area is 219 Å². The first-order valence-electron chi connectivity index (χ1n) is 12.8. The molecule has 5 rings (SSSR count). The van der Waals surface area contributed by atoms with Crippen LogP contribution in [0.25, 0.3) is 11.1 Å². The van der Waals surface area contributed by atoms with Crippen molar-refractivity contribution in [2.24, 2.45) is 5.92 Å². The van der Waals surface area contributed by atoms with Gasteiger partial charge in [-0.3, -0.25) is 4.90 Å². The van der Waals surface area contributed by atoms with Gasteiger partial charge in [-0.1, -0.05) is 25.0 Å². The quantitative estimate of drug-likeness (QED) is 0.396. The van der Waals surface area contributed by atoms with Crippen molar-refractivity contribution in [2.45, 2.75) is 39.3 Å². The normalized spacial score (nSPS) is 20.2. The maximum absolute atomic E-state index is 10.3. The smallest absolute Gasteiger partial charge is 0.150 e. The van der Waals surface area contributed by atoms with Crippen molar-refractivity contribution in [3.63, 3.8) is 0 Å². The molecule has 3 atom stereocenters. The van der Waals surface area contributed by atoms with Gasteiger partial charge < -0.3 is 19.7 Å². The van der Waals surface area contributed by atoms with Gasteiger partial charge in [-0.2, -0.15) is 0 Å². The zero-order valence-corrected chi connectivity index (χ0v) is 21.6. The minimum absolute atomic E-state index is 0.125. The number of aromatic hydroxyl groups is 2. The van der Waals surface area contributed by atoms with E-state index >= 15 is 0 Å². The van der Waals surface area contributed by atoms with E-state index in [0.717, 1.165) is 52.6 Å². The molecule has 3 aromatic rings. The lowest BCUT2D eigenvalue weighted by Gasteiger charge is -2.31. The van der Waals surface area contributed by atoms with Crippen LogP contribution in [0.2, 0.25) is 0 Å². The number of rotatable bonds is 6. The van der Waals surface area contributed by atoms with E-state index in [2.05, 4.69) is 24.7 Å². The van der Waals surface area contributed by atoms with Crippen molar-refractivity contribution in [2.75, 3.05) is 19.7 Å². The van der Waals surface area contributed by atoms with Gasteiger partial charge in [0.15, 0.2) is 0 Å². The van der Waals surface area contributed by atoms with E-state index in [1.54, 1.807) is 36.4 Å². The van der Waals surface area contributed by atoms with Crippen LogP contribution in [0.15, 0.2) is 60.7 Å². The summed E-state index contributed by atoms with van der Waals surface area (Å²) in [5, 5.41) is 20.4. The Morgan fingerprint density at radius 2 is 1.76 bits per heavy atom. The highest BCUT2D eigenvalue weighted by Gasteiger charge is 2.31. The van der Waals surface area contributed by atoms with Crippen molar-refractivity contribution in [3.8, 4) is 35.3 Å². The summed E-state index contributed by atoms with van der Waals surface area (Å²) in [7, 11) is 0. The van der Waals surface area contributed by atoms with Crippen LogP contribution in [0.1, 0.15) is 55.5 Å². The number of fused-ring (bicyclic) bond motifs is 1. The maximum atomic E-state index is 10.3. The number of allylic oxidation sites excluding steroid dienone is 1. The highest BCUT2D eigenvalue weighted by atomic mass is 16.5. The van der Waals surface area contributed by atoms with Crippen LogP contribution in [0.4, 0.5) is 0 Å². The van der Waals surface area contributed by atoms with Gasteiger partial charge in [-0.15, -0.1) is 6.42 Å². The molecule has 0 amide bonds. The van der Waals surface area contributed by atoms with Crippen molar-refractivity contribution in [1.82, 2.24) is 4.90 Å². The van der Waals surface area contributed by atoms with Gasteiger partial charge in [0.25, 0.3) is 0 Å². The molecule has 0 spiro atoms. The molecule has 2 N–H and O–H groups in total. The third kappa shape index (κ3) is 5.03. The number of hydrogen-bond acceptors (Lipinski definition) is 5. The number of terminal acetylenes is 1. The Morgan fingerprint density at radius 1 is 1.05 bits per heavy atom. The largest absolute Gasteiger partial charge is 0.508 e. The third-order valence-corrected chi connectivity index (χ3v) is 7.48. The maximum Gasteiger partial charge on any atom is 0.150 e. The molecule has 3 aromatic carbocycles. The van der Waals surface area contributed by atoms with Gasteiger partial charge >= 0.3 is 0 Å². The van der Waals surface area contributed by atoms with E-state index in [1.165, 1.54) is 6.42 Å². The summed E-state index contributed by atoms with van der Waals surface area (Å²) in [6.07, 6.45) is 6.63. The second kappa shape index (κ2) is 10.2. The number of ether oxygens (including phenoxy) is 2. The lowest BCUT2D eigenvalue weighted by molar-refractivity contribution is 0.169. The van der Waals surface area contributed by atoms with Gasteiger partial charge in [-0.25, -0.2) is 0 Å². The summed E-state index contributed by atoms with van der Waals surface area (Å²) in [5.74, 6) is 5.26. The third-order valence-electron chi connectivity index (χ3n) is 7.48. The number of phenols is 2. The summed E-state index contributed by atoms with van der Waals surface area (Å²) in [5.41, 5.74) is 4.91. The first kappa shape index (κ1) is 24.8. The van der Waals surface area contributed by atoms with E-state index in [4.69, 9.17) is 15.9 Å². The van der Waals surface area contributed by atoms with Gasteiger partial charge in [0.2, 0.25) is 0 Å². The molecular weight excluding hydrogens is 462 g/mol. The lowest BCUT2D eigenvalue weighted by Crippen LogP contribution is -2.35. The average Bonchev–Trinajstić information content (AvgIpc) is 3.34. The molecule has 190 valence electrons. The van der Waals surface area contributed by atoms with Crippen molar-refractivity contribution in [3.05, 3.63) is 82.9 Å². The summed E-state index contributed by atoms with van der Waals surface area (Å²) in [6, 6.07) is 18.4. The van der Waals surface area contributed by atoms with E-state index in [1.807, 2.05) is 31.2 Å². The topological polar surface area (TPSA) is 62.2 Å². The van der Waals surface area contributed by atoms with Gasteiger partial charge in [0, 0.05) is 34.9 Å². The van der Waals surface area contributed by atoms with Crippen LogP contribution in [-0.2, 0) is 0 Å². The first-order valence-corrected chi connectivity index (χ1v) is 12.8. The van der Waals surface area contributed by atoms with Crippen LogP contribution in [0.5, 0.6) is 23.0 Å². The Hall–Kier alpha value is -3.88. The monoisotopic (exact) mass is 495 g/mol. The molecule has 2 aliphatic rings. The Bertz CT molecular complexity index is 1370. The summed E-state index contributed by atoms with van der Waals surface area (Å²) >= 11 is 0. The molecule has 5 heteroatoms. The molecule has 2 heterocycles. The zero-order valence-electron chi connectivity index (χ0n) is 21.6. The summed E-state index contributed by atoms with van der Waals surface area (Å²) in [4.78, 5) is 2.49. The van der Waals surface area contributed by atoms with Crippen molar-refractivity contribution in [1.29, 1.82) is 0 Å². The van der Waals surface area contributed by atoms with Crippen LogP contribution in [0, 0.1) is 18.3 Å². The molecule has 1 saturated heterocycles. The molecule has 0 aromatic heterocycles. The highest BCUT2D eigenvalue weighted by molar-refractivity contribution is 5.97. The molecule has 2 aliphatic heterocycles. The summed E-state index contributed by atoms with van der Waals surface area (Å²) < 4.78 is 12.6. The van der Waals surface area contributed by atoms with Crippen molar-refractivity contribution < 1.29 is 19.7 Å². The fourth-order valence-corrected chi connectivity index (χ4v) is 5.33. The zero-order chi connectivity index (χ0) is 26.1. The van der Waals surface area contributed by atoms with Gasteiger partial charge in [0.1, 0.15) is 35.7 Å². The Kier molecular flexibility index (Phi) is 6.86. The van der Waals surface area contributed by atoms with E-state index in [-0.39, 0.29) is 11.5 Å². The summed E-state index contributed by atoms with van der Waals surface area (Å²) in [6.45, 7) is 9.41. The predicted molar refractivity (Wildman–Crippen MR) is 147 cm³/mol. The SMILES string of the molecule is C#Cc1ccc(O)cc1C1=C(C)c2cc(O)ccc2OC1c1ccc(OC[C@H](C)N2CC[C@@H](C)C2)cc1. The average molecular weight is 496 g/mol. The fourth-order valence-electron chi connectivity index (χ4n) is 5.33. The molecule has 0 bridgehead atoms. The number of nitrogens with zero attached hydrogens (tertiary/aromatic N) is 1. The number of hydrogen-bond donors (Lipinski definition) is 2. The minimum Gasteiger partial charge on any atom is -0.508 e. The number of likely N-dealkylation sites (tertiary alicyclic amines) is 1. The molecular formula is C32H33NO4. The standard InChI is InChI=1S/C32H33NO4/c1-5-23-6-9-25(34)17-29(23)31-22(4)28-16-26(35)10-13-30(28)37-32(31)24-7-11-27(12-8-24)36-19-21(3)33-15-14-20(2)18-33/h1,6-13,16-17,20-21,32,34-35H,14-15,18-19H2,2-4H3/t20-,21+,32?/m1/s1. The molecule has 1 unspecified atom stereocenters. The molecule has 0 aliphatic carbocycles. The van der Waals surface area contributed by atoms with E-state index < -0.39 is 6.10 Å². The van der Waals surface area contributed by atoms with E-state index in [0.29, 0.717) is 24.0 Å². The molecule has 37 heavy (non-hydrogen) atoms. The number of benzene rings is 3. The highest BCUT2D eigenvalue weighted by Crippen LogP contribution is 2.48. The lowest BCUT2D eigenvalue weighted by atomic mass is 9.84. The number of phenolic OH excluding ortho intramolecular Hbond substituents is 2. The van der Waals surface area contributed by atoms with Crippen LogP contribution < -0.4 is 9.47 Å². The van der Waals surface area contributed by atoms with E-state index in [9.17, 15) is 10.2 Å². The van der Waals surface area contributed by atoms with Gasteiger partial charge in [0.05, 0.1) is 0 Å². The van der Waals surface area contributed by atoms with Crippen LogP contribution in [0.3, 0.4) is 0 Å². The first-order chi connectivity index (χ1) is 17.8. The minimum atomic E-state index is -0.454. The Balaban J connectivity index is 1.46. The van der Waals surface area contributed by atoms with Gasteiger partial charge in [-0.05, 0) is 92.4 Å². The fraction of sp³-hybridized carbons (Fsp3) is 0.312. The second-order valence-corrected chi connectivity index (χ2v) is 10.2. The molecule has 5 nitrogen and oxygen atoms in total. The van der Waals surface area contributed by atoms with Crippen LogP contribution >= 0.6 is 0 Å². The second-order valence-electron chi connectivity index (χ2n) is 10.2. The predicted octanol–water partition coefficient (Wildman–Crippen LogP) is 6.25. The molecule has 0 radical (unpaired) electrons. The Morgan fingerprint density at radius 3 is 2.43 bits per heavy atom.